The molecular formula is C11H21N3O. The summed E-state index contributed by atoms with van der Waals surface area (Å²) in [6, 6.07) is 0.445. The smallest absolute Gasteiger partial charge is 0.229 e. The van der Waals surface area contributed by atoms with Crippen LogP contribution in [-0.4, -0.2) is 16.2 Å². The average Bonchev–Trinajstić information content (AvgIpc) is 2.65. The van der Waals surface area contributed by atoms with Crippen molar-refractivity contribution in [2.75, 3.05) is 0 Å². The van der Waals surface area contributed by atoms with Crippen LogP contribution in [0.5, 0.6) is 0 Å². The standard InChI is InChI=1S/C11H21N3O/c1-5-9(6-2)11-13-10(14-15-11)7-12-8(3)4/h8-9,12H,5-7H2,1-4H3. The highest BCUT2D eigenvalue weighted by Gasteiger charge is 2.14. The van der Waals surface area contributed by atoms with Crippen molar-refractivity contribution >= 4 is 0 Å². The Morgan fingerprint density at radius 2 is 1.93 bits per heavy atom. The van der Waals surface area contributed by atoms with E-state index in [0.29, 0.717) is 18.5 Å². The van der Waals surface area contributed by atoms with E-state index in [4.69, 9.17) is 4.52 Å². The fraction of sp³-hybridized carbons (Fsp3) is 0.818. The molecule has 0 aromatic carbocycles. The van der Waals surface area contributed by atoms with Crippen LogP contribution in [0.2, 0.25) is 0 Å². The molecule has 4 heteroatoms. The largest absolute Gasteiger partial charge is 0.339 e. The summed E-state index contributed by atoms with van der Waals surface area (Å²) in [5, 5.41) is 7.22. The Balaban J connectivity index is 2.55. The summed E-state index contributed by atoms with van der Waals surface area (Å²) < 4.78 is 5.24. The number of hydrogen-bond acceptors (Lipinski definition) is 4. The Morgan fingerprint density at radius 1 is 1.27 bits per heavy atom. The topological polar surface area (TPSA) is 51.0 Å². The van der Waals surface area contributed by atoms with Gasteiger partial charge in [-0.2, -0.15) is 4.98 Å². The van der Waals surface area contributed by atoms with E-state index in [9.17, 15) is 0 Å². The quantitative estimate of drug-likeness (QED) is 0.785. The molecule has 86 valence electrons. The second kappa shape index (κ2) is 5.85. The van der Waals surface area contributed by atoms with Crippen molar-refractivity contribution in [1.82, 2.24) is 15.5 Å². The first-order valence-corrected chi connectivity index (χ1v) is 5.73. The molecule has 1 aromatic heterocycles. The van der Waals surface area contributed by atoms with Crippen LogP contribution in [0.15, 0.2) is 4.52 Å². The molecule has 0 fully saturated rings. The van der Waals surface area contributed by atoms with Crippen LogP contribution in [0.1, 0.15) is 58.2 Å². The first kappa shape index (κ1) is 12.2. The highest BCUT2D eigenvalue weighted by atomic mass is 16.5. The maximum Gasteiger partial charge on any atom is 0.229 e. The lowest BCUT2D eigenvalue weighted by molar-refractivity contribution is 0.341. The van der Waals surface area contributed by atoms with Crippen molar-refractivity contribution in [2.24, 2.45) is 0 Å². The van der Waals surface area contributed by atoms with Gasteiger partial charge in [-0.15, -0.1) is 0 Å². The van der Waals surface area contributed by atoms with E-state index in [0.717, 1.165) is 24.6 Å². The SMILES string of the molecule is CCC(CC)c1nc(CNC(C)C)no1. The van der Waals surface area contributed by atoms with Crippen LogP contribution in [0.25, 0.3) is 0 Å². The number of nitrogens with zero attached hydrogens (tertiary/aromatic N) is 2. The van der Waals surface area contributed by atoms with E-state index >= 15 is 0 Å². The van der Waals surface area contributed by atoms with Crippen molar-refractivity contribution < 1.29 is 4.52 Å². The third-order valence-electron chi connectivity index (χ3n) is 2.49. The van der Waals surface area contributed by atoms with Gasteiger partial charge < -0.3 is 9.84 Å². The summed E-state index contributed by atoms with van der Waals surface area (Å²) in [5.41, 5.74) is 0. The molecule has 0 unspecified atom stereocenters. The number of rotatable bonds is 6. The van der Waals surface area contributed by atoms with Crippen molar-refractivity contribution in [2.45, 2.75) is 59.0 Å². The summed E-state index contributed by atoms with van der Waals surface area (Å²) in [6.45, 7) is 9.17. The Bertz CT molecular complexity index is 279. The lowest BCUT2D eigenvalue weighted by Crippen LogP contribution is -2.22. The van der Waals surface area contributed by atoms with Crippen molar-refractivity contribution in [3.05, 3.63) is 11.7 Å². The Labute approximate surface area is 91.5 Å². The van der Waals surface area contributed by atoms with Gasteiger partial charge in [-0.1, -0.05) is 32.9 Å². The molecule has 0 aliphatic rings. The minimum absolute atomic E-state index is 0.408. The molecule has 0 radical (unpaired) electrons. The Kier molecular flexibility index (Phi) is 4.75. The molecule has 0 aliphatic heterocycles. The molecule has 0 amide bonds. The molecule has 1 N–H and O–H groups in total. The summed E-state index contributed by atoms with van der Waals surface area (Å²) in [6.07, 6.45) is 2.10. The number of aromatic nitrogens is 2. The molecule has 0 saturated heterocycles. The van der Waals surface area contributed by atoms with E-state index in [-0.39, 0.29) is 0 Å². The first-order valence-electron chi connectivity index (χ1n) is 5.73. The predicted octanol–water partition coefficient (Wildman–Crippen LogP) is 2.47. The Hall–Kier alpha value is -0.900. The van der Waals surface area contributed by atoms with Crippen LogP contribution in [0.3, 0.4) is 0 Å². The highest BCUT2D eigenvalue weighted by Crippen LogP contribution is 2.20. The summed E-state index contributed by atoms with van der Waals surface area (Å²) >= 11 is 0. The van der Waals surface area contributed by atoms with Gasteiger partial charge in [0.25, 0.3) is 0 Å². The maximum atomic E-state index is 5.24. The molecule has 1 rings (SSSR count). The molecule has 0 atom stereocenters. The predicted molar refractivity (Wildman–Crippen MR) is 59.6 cm³/mol. The lowest BCUT2D eigenvalue weighted by Gasteiger charge is -2.05. The zero-order chi connectivity index (χ0) is 11.3. The molecule has 1 aromatic rings. The van der Waals surface area contributed by atoms with Crippen LogP contribution in [0.4, 0.5) is 0 Å². The third-order valence-corrected chi connectivity index (χ3v) is 2.49. The lowest BCUT2D eigenvalue weighted by atomic mass is 10.0. The zero-order valence-corrected chi connectivity index (χ0v) is 10.1. The normalized spacial score (nSPS) is 11.6. The van der Waals surface area contributed by atoms with Crippen LogP contribution < -0.4 is 5.32 Å². The van der Waals surface area contributed by atoms with Gasteiger partial charge in [0.2, 0.25) is 5.89 Å². The van der Waals surface area contributed by atoms with E-state index in [1.807, 2.05) is 0 Å². The van der Waals surface area contributed by atoms with Gasteiger partial charge in [0.15, 0.2) is 5.82 Å². The monoisotopic (exact) mass is 211 g/mol. The molecule has 0 bridgehead atoms. The van der Waals surface area contributed by atoms with Gasteiger partial charge >= 0.3 is 0 Å². The minimum atomic E-state index is 0.408. The molecule has 15 heavy (non-hydrogen) atoms. The van der Waals surface area contributed by atoms with Gasteiger partial charge in [-0.3, -0.25) is 0 Å². The molecule has 4 nitrogen and oxygen atoms in total. The second-order valence-electron chi connectivity index (χ2n) is 4.10. The van der Waals surface area contributed by atoms with Gasteiger partial charge in [-0.25, -0.2) is 0 Å². The molecule has 0 saturated carbocycles. The van der Waals surface area contributed by atoms with E-state index in [1.165, 1.54) is 0 Å². The van der Waals surface area contributed by atoms with Gasteiger partial charge in [-0.05, 0) is 12.8 Å². The molecular weight excluding hydrogens is 190 g/mol. The van der Waals surface area contributed by atoms with Crippen molar-refractivity contribution in [3.8, 4) is 0 Å². The van der Waals surface area contributed by atoms with Crippen LogP contribution in [-0.2, 0) is 6.54 Å². The van der Waals surface area contributed by atoms with Gasteiger partial charge in [0.1, 0.15) is 0 Å². The second-order valence-corrected chi connectivity index (χ2v) is 4.10. The highest BCUT2D eigenvalue weighted by molar-refractivity contribution is 4.93. The minimum Gasteiger partial charge on any atom is -0.339 e. The van der Waals surface area contributed by atoms with Crippen molar-refractivity contribution in [3.63, 3.8) is 0 Å². The average molecular weight is 211 g/mol. The molecule has 0 spiro atoms. The first-order chi connectivity index (χ1) is 7.17. The van der Waals surface area contributed by atoms with E-state index in [1.54, 1.807) is 0 Å². The van der Waals surface area contributed by atoms with E-state index in [2.05, 4.69) is 43.2 Å². The van der Waals surface area contributed by atoms with E-state index < -0.39 is 0 Å². The molecule has 0 aliphatic carbocycles. The van der Waals surface area contributed by atoms with Crippen molar-refractivity contribution in [1.29, 1.82) is 0 Å². The van der Waals surface area contributed by atoms with Crippen LogP contribution >= 0.6 is 0 Å². The summed E-state index contributed by atoms with van der Waals surface area (Å²) in [4.78, 5) is 4.38. The third kappa shape index (κ3) is 3.63. The van der Waals surface area contributed by atoms with Gasteiger partial charge in [0.05, 0.1) is 6.54 Å². The van der Waals surface area contributed by atoms with Crippen LogP contribution in [0, 0.1) is 0 Å². The van der Waals surface area contributed by atoms with Gasteiger partial charge in [0, 0.05) is 12.0 Å². The Morgan fingerprint density at radius 3 is 2.47 bits per heavy atom. The summed E-state index contributed by atoms with van der Waals surface area (Å²) in [7, 11) is 0. The maximum absolute atomic E-state index is 5.24. The fourth-order valence-corrected chi connectivity index (χ4v) is 1.44. The number of nitrogens with one attached hydrogen (secondary N) is 1. The number of hydrogen-bond donors (Lipinski definition) is 1. The molecule has 1 heterocycles. The fourth-order valence-electron chi connectivity index (χ4n) is 1.44. The zero-order valence-electron chi connectivity index (χ0n) is 10.1. The summed E-state index contributed by atoms with van der Waals surface area (Å²) in [5.74, 6) is 1.94.